The van der Waals surface area contributed by atoms with Gasteiger partial charge in [0.05, 0.1) is 12.5 Å². The van der Waals surface area contributed by atoms with Crippen LogP contribution in [0.15, 0.2) is 18.2 Å². The van der Waals surface area contributed by atoms with Crippen molar-refractivity contribution >= 4 is 5.97 Å². The maximum Gasteiger partial charge on any atom is 0.314 e. The van der Waals surface area contributed by atoms with E-state index in [2.05, 4.69) is 4.90 Å². The van der Waals surface area contributed by atoms with Crippen molar-refractivity contribution in [3.63, 3.8) is 0 Å². The van der Waals surface area contributed by atoms with Crippen molar-refractivity contribution < 1.29 is 19.4 Å². The monoisotopic (exact) mass is 305 g/mol. The third-order valence-corrected chi connectivity index (χ3v) is 4.91. The molecule has 3 rings (SSSR count). The Kier molecular flexibility index (Phi) is 4.00. The minimum Gasteiger partial charge on any atom is -0.493 e. The molecule has 0 aromatic heterocycles. The average molecular weight is 305 g/mol. The molecule has 1 aliphatic heterocycles. The molecule has 0 unspecified atom stereocenters. The summed E-state index contributed by atoms with van der Waals surface area (Å²) in [6.45, 7) is 1.77. The normalized spacial score (nSPS) is 21.4. The van der Waals surface area contributed by atoms with Crippen molar-refractivity contribution in [2.45, 2.75) is 37.2 Å². The molecule has 1 aliphatic carbocycles. The highest BCUT2D eigenvalue weighted by atomic mass is 16.5. The number of carbonyl (C=O) groups is 1. The molecule has 1 saturated carbocycles. The van der Waals surface area contributed by atoms with E-state index in [4.69, 9.17) is 9.47 Å². The molecular formula is C17H23NO4. The van der Waals surface area contributed by atoms with Crippen LogP contribution >= 0.6 is 0 Å². The Bertz CT molecular complexity index is 560. The molecule has 5 nitrogen and oxygen atoms in total. The zero-order valence-electron chi connectivity index (χ0n) is 13.2. The van der Waals surface area contributed by atoms with Crippen molar-refractivity contribution in [1.82, 2.24) is 4.90 Å². The number of carboxylic acids is 1. The maximum absolute atomic E-state index is 11.8. The summed E-state index contributed by atoms with van der Waals surface area (Å²) >= 11 is 0. The number of ether oxygens (including phenoxy) is 2. The summed E-state index contributed by atoms with van der Waals surface area (Å²) in [5.74, 6) is 0.590. The third kappa shape index (κ3) is 2.54. The molecule has 1 aromatic rings. The van der Waals surface area contributed by atoms with Crippen molar-refractivity contribution in [1.29, 1.82) is 0 Å². The Labute approximate surface area is 130 Å². The molecule has 1 heterocycles. The second kappa shape index (κ2) is 5.80. The van der Waals surface area contributed by atoms with Crippen LogP contribution in [0.25, 0.3) is 0 Å². The van der Waals surface area contributed by atoms with E-state index in [9.17, 15) is 9.90 Å². The summed E-state index contributed by atoms with van der Waals surface area (Å²) in [5.41, 5.74) is 0.0711. The highest BCUT2D eigenvalue weighted by Crippen LogP contribution is 2.44. The number of rotatable bonds is 5. The summed E-state index contributed by atoms with van der Waals surface area (Å²) in [6, 6.07) is 5.57. The quantitative estimate of drug-likeness (QED) is 0.904. The van der Waals surface area contributed by atoms with Crippen molar-refractivity contribution in [3.05, 3.63) is 23.8 Å². The Morgan fingerprint density at radius 3 is 2.50 bits per heavy atom. The predicted octanol–water partition coefficient (Wildman–Crippen LogP) is 2.28. The smallest absolute Gasteiger partial charge is 0.314 e. The van der Waals surface area contributed by atoms with Crippen LogP contribution in [-0.4, -0.2) is 49.3 Å². The standard InChI is InChI=1S/C17H23NO4/c1-18-10-13(11-18)22-15-9-12(5-6-14(15)21-2)17(16(19)20)7-3-4-8-17/h5-6,9,13H,3-4,7-8,10-11H2,1-2H3,(H,19,20). The number of hydrogen-bond donors (Lipinski definition) is 1. The number of hydrogen-bond acceptors (Lipinski definition) is 4. The fourth-order valence-electron chi connectivity index (χ4n) is 3.57. The molecule has 0 amide bonds. The van der Waals surface area contributed by atoms with E-state index in [-0.39, 0.29) is 6.10 Å². The van der Waals surface area contributed by atoms with Gasteiger partial charge in [-0.15, -0.1) is 0 Å². The molecule has 1 saturated heterocycles. The first-order chi connectivity index (χ1) is 10.5. The van der Waals surface area contributed by atoms with Gasteiger partial charge in [-0.05, 0) is 37.6 Å². The first-order valence-electron chi connectivity index (χ1n) is 7.82. The van der Waals surface area contributed by atoms with Gasteiger partial charge in [-0.2, -0.15) is 0 Å². The van der Waals surface area contributed by atoms with E-state index in [1.165, 1.54) is 0 Å². The van der Waals surface area contributed by atoms with Gasteiger partial charge in [-0.3, -0.25) is 9.69 Å². The van der Waals surface area contributed by atoms with Crippen LogP contribution in [0.5, 0.6) is 11.5 Å². The van der Waals surface area contributed by atoms with E-state index >= 15 is 0 Å². The first-order valence-corrected chi connectivity index (χ1v) is 7.82. The van der Waals surface area contributed by atoms with Gasteiger partial charge in [0.25, 0.3) is 0 Å². The summed E-state index contributed by atoms with van der Waals surface area (Å²) < 4.78 is 11.4. The molecule has 0 radical (unpaired) electrons. The first kappa shape index (κ1) is 15.2. The lowest BCUT2D eigenvalue weighted by molar-refractivity contribution is -0.143. The Morgan fingerprint density at radius 2 is 1.95 bits per heavy atom. The van der Waals surface area contributed by atoms with Crippen molar-refractivity contribution in [3.8, 4) is 11.5 Å². The third-order valence-electron chi connectivity index (χ3n) is 4.91. The summed E-state index contributed by atoms with van der Waals surface area (Å²) in [4.78, 5) is 14.0. The van der Waals surface area contributed by atoms with Crippen molar-refractivity contribution in [2.24, 2.45) is 0 Å². The highest BCUT2D eigenvalue weighted by molar-refractivity contribution is 5.82. The molecule has 120 valence electrons. The molecule has 1 N–H and O–H groups in total. The van der Waals surface area contributed by atoms with Gasteiger partial charge in [0, 0.05) is 13.1 Å². The average Bonchev–Trinajstić information content (AvgIpc) is 2.96. The number of likely N-dealkylation sites (tertiary alicyclic amines) is 1. The summed E-state index contributed by atoms with van der Waals surface area (Å²) in [5, 5.41) is 9.73. The van der Waals surface area contributed by atoms with Gasteiger partial charge in [-0.1, -0.05) is 18.9 Å². The zero-order valence-corrected chi connectivity index (χ0v) is 13.2. The van der Waals surface area contributed by atoms with E-state index in [0.717, 1.165) is 31.5 Å². The second-order valence-electron chi connectivity index (χ2n) is 6.42. The molecule has 22 heavy (non-hydrogen) atoms. The van der Waals surface area contributed by atoms with Gasteiger partial charge >= 0.3 is 5.97 Å². The van der Waals surface area contributed by atoms with E-state index in [1.807, 2.05) is 25.2 Å². The molecule has 1 aromatic carbocycles. The number of benzene rings is 1. The van der Waals surface area contributed by atoms with Crippen LogP contribution in [0.1, 0.15) is 31.2 Å². The molecule has 5 heteroatoms. The largest absolute Gasteiger partial charge is 0.493 e. The Morgan fingerprint density at radius 1 is 1.27 bits per heavy atom. The lowest BCUT2D eigenvalue weighted by atomic mass is 9.79. The van der Waals surface area contributed by atoms with Crippen LogP contribution in [0, 0.1) is 0 Å². The summed E-state index contributed by atoms with van der Waals surface area (Å²) in [7, 11) is 3.66. The maximum atomic E-state index is 11.8. The highest BCUT2D eigenvalue weighted by Gasteiger charge is 2.43. The molecule has 2 aliphatic rings. The van der Waals surface area contributed by atoms with Crippen LogP contribution < -0.4 is 9.47 Å². The molecule has 0 spiro atoms. The lowest BCUT2D eigenvalue weighted by Gasteiger charge is -2.36. The van der Waals surface area contributed by atoms with Crippen molar-refractivity contribution in [2.75, 3.05) is 27.2 Å². The van der Waals surface area contributed by atoms with Gasteiger partial charge < -0.3 is 14.6 Å². The Hall–Kier alpha value is -1.75. The summed E-state index contributed by atoms with van der Waals surface area (Å²) in [6.07, 6.45) is 3.46. The van der Waals surface area contributed by atoms with Gasteiger partial charge in [0.2, 0.25) is 0 Å². The van der Waals surface area contributed by atoms with Crippen LogP contribution in [0.4, 0.5) is 0 Å². The second-order valence-corrected chi connectivity index (χ2v) is 6.42. The van der Waals surface area contributed by atoms with E-state index in [0.29, 0.717) is 24.3 Å². The molecule has 0 bridgehead atoms. The minimum absolute atomic E-state index is 0.151. The van der Waals surface area contributed by atoms with Gasteiger partial charge in [0.1, 0.15) is 6.10 Å². The molecule has 0 atom stereocenters. The minimum atomic E-state index is -0.763. The van der Waals surface area contributed by atoms with Crippen LogP contribution in [-0.2, 0) is 10.2 Å². The number of likely N-dealkylation sites (N-methyl/N-ethyl adjacent to an activating group) is 1. The topological polar surface area (TPSA) is 59.0 Å². The zero-order chi connectivity index (χ0) is 15.7. The van der Waals surface area contributed by atoms with E-state index < -0.39 is 11.4 Å². The number of carboxylic acid groups (broad SMARTS) is 1. The number of methoxy groups -OCH3 is 1. The van der Waals surface area contributed by atoms with Crippen LogP contribution in [0.2, 0.25) is 0 Å². The Balaban J connectivity index is 1.90. The fraction of sp³-hybridized carbons (Fsp3) is 0.588. The van der Waals surface area contributed by atoms with E-state index in [1.54, 1.807) is 7.11 Å². The predicted molar refractivity (Wildman–Crippen MR) is 82.7 cm³/mol. The molecule has 2 fully saturated rings. The number of nitrogens with zero attached hydrogens (tertiary/aromatic N) is 1. The van der Waals surface area contributed by atoms with Gasteiger partial charge in [0.15, 0.2) is 11.5 Å². The number of aliphatic carboxylic acids is 1. The molecular weight excluding hydrogens is 282 g/mol. The fourth-order valence-corrected chi connectivity index (χ4v) is 3.57. The van der Waals surface area contributed by atoms with Crippen LogP contribution in [0.3, 0.4) is 0 Å². The lowest BCUT2D eigenvalue weighted by Crippen LogP contribution is -2.51. The SMILES string of the molecule is COc1ccc(C2(C(=O)O)CCCC2)cc1OC1CN(C)C1. The van der Waals surface area contributed by atoms with Gasteiger partial charge in [-0.25, -0.2) is 0 Å².